The molecule has 0 fully saturated rings. The summed E-state index contributed by atoms with van der Waals surface area (Å²) in [5.74, 6) is 0.859. The van der Waals surface area contributed by atoms with Crippen LogP contribution in [-0.4, -0.2) is 38.5 Å². The minimum absolute atomic E-state index is 0.113. The molecule has 0 bridgehead atoms. The Hall–Kier alpha value is -3.39. The molecule has 152 valence electrons. The van der Waals surface area contributed by atoms with Crippen LogP contribution in [0.1, 0.15) is 11.1 Å². The largest absolute Gasteiger partial charge is 0.497 e. The van der Waals surface area contributed by atoms with Crippen molar-refractivity contribution in [1.82, 2.24) is 19.7 Å². The number of carbonyl (C=O) groups excluding carboxylic acids is 1. The summed E-state index contributed by atoms with van der Waals surface area (Å²) >= 11 is 1.36. The van der Waals surface area contributed by atoms with E-state index in [4.69, 9.17) is 4.74 Å². The van der Waals surface area contributed by atoms with Gasteiger partial charge in [-0.25, -0.2) is 14.6 Å². The molecule has 2 heterocycles. The number of aryl methyl sites for hydroxylation is 2. The molecule has 0 saturated heterocycles. The minimum Gasteiger partial charge on any atom is -0.497 e. The molecule has 0 unspecified atom stereocenters. The Morgan fingerprint density at radius 1 is 1.10 bits per heavy atom. The van der Waals surface area contributed by atoms with E-state index < -0.39 is 0 Å². The minimum atomic E-state index is -0.113. The van der Waals surface area contributed by atoms with Gasteiger partial charge in [0.05, 0.1) is 30.1 Å². The van der Waals surface area contributed by atoms with Gasteiger partial charge in [-0.2, -0.15) is 5.10 Å². The van der Waals surface area contributed by atoms with Gasteiger partial charge in [-0.3, -0.25) is 4.79 Å². The number of rotatable bonds is 6. The molecule has 0 aliphatic carbocycles. The van der Waals surface area contributed by atoms with E-state index >= 15 is 0 Å². The molecule has 30 heavy (non-hydrogen) atoms. The van der Waals surface area contributed by atoms with Gasteiger partial charge in [0.15, 0.2) is 5.65 Å². The molecule has 0 saturated carbocycles. The number of carbonyl (C=O) groups is 1. The Morgan fingerprint density at radius 2 is 1.90 bits per heavy atom. The van der Waals surface area contributed by atoms with Gasteiger partial charge >= 0.3 is 0 Å². The van der Waals surface area contributed by atoms with Crippen LogP contribution in [0.2, 0.25) is 0 Å². The van der Waals surface area contributed by atoms with Crippen molar-refractivity contribution in [3.8, 4) is 11.4 Å². The first kappa shape index (κ1) is 19.9. The van der Waals surface area contributed by atoms with E-state index in [9.17, 15) is 4.79 Å². The van der Waals surface area contributed by atoms with Gasteiger partial charge in [0.1, 0.15) is 17.1 Å². The van der Waals surface area contributed by atoms with Crippen molar-refractivity contribution in [1.29, 1.82) is 0 Å². The second-order valence-corrected chi connectivity index (χ2v) is 7.77. The molecule has 4 aromatic rings. The molecule has 8 heteroatoms. The topological polar surface area (TPSA) is 81.9 Å². The number of aromatic nitrogens is 4. The van der Waals surface area contributed by atoms with Crippen LogP contribution in [0.4, 0.5) is 5.69 Å². The van der Waals surface area contributed by atoms with Crippen LogP contribution in [0.25, 0.3) is 16.7 Å². The molecule has 2 aromatic heterocycles. The summed E-state index contributed by atoms with van der Waals surface area (Å²) in [6.07, 6.45) is 3.25. The zero-order valence-corrected chi connectivity index (χ0v) is 17.7. The summed E-state index contributed by atoms with van der Waals surface area (Å²) in [7, 11) is 1.61. The quantitative estimate of drug-likeness (QED) is 0.373. The summed E-state index contributed by atoms with van der Waals surface area (Å²) in [5.41, 5.74) is 4.79. The van der Waals surface area contributed by atoms with E-state index in [0.717, 1.165) is 27.5 Å². The fourth-order valence-corrected chi connectivity index (χ4v) is 3.75. The first-order valence-corrected chi connectivity index (χ1v) is 10.4. The average molecular weight is 420 g/mol. The Balaban J connectivity index is 1.50. The number of thioether (sulfide) groups is 1. The molecule has 0 radical (unpaired) electrons. The average Bonchev–Trinajstić information content (AvgIpc) is 3.19. The number of methoxy groups -OCH3 is 1. The van der Waals surface area contributed by atoms with Crippen LogP contribution < -0.4 is 10.1 Å². The molecular formula is C22H21N5O2S. The maximum atomic E-state index is 12.3. The summed E-state index contributed by atoms with van der Waals surface area (Å²) in [6, 6.07) is 13.4. The van der Waals surface area contributed by atoms with Gasteiger partial charge in [-0.1, -0.05) is 17.8 Å². The molecule has 2 aromatic carbocycles. The van der Waals surface area contributed by atoms with E-state index in [1.54, 1.807) is 42.3 Å². The highest BCUT2D eigenvalue weighted by Gasteiger charge is 2.13. The monoisotopic (exact) mass is 419 g/mol. The lowest BCUT2D eigenvalue weighted by molar-refractivity contribution is -0.113. The van der Waals surface area contributed by atoms with Crippen LogP contribution in [-0.2, 0) is 4.79 Å². The van der Waals surface area contributed by atoms with Crippen molar-refractivity contribution >= 4 is 34.4 Å². The van der Waals surface area contributed by atoms with Crippen LogP contribution in [0.15, 0.2) is 60.0 Å². The SMILES string of the molecule is COc1ccc(NC(=O)CSc2ncnc3c2cnn3-c2ccc(C)c(C)c2)cc1. The number of ether oxygens (including phenoxy) is 1. The lowest BCUT2D eigenvalue weighted by atomic mass is 10.1. The molecule has 0 atom stereocenters. The normalized spacial score (nSPS) is 10.9. The van der Waals surface area contributed by atoms with Crippen molar-refractivity contribution < 1.29 is 9.53 Å². The third-order valence-corrected chi connectivity index (χ3v) is 5.78. The highest BCUT2D eigenvalue weighted by atomic mass is 32.2. The summed E-state index contributed by atoms with van der Waals surface area (Å²) in [5, 5.41) is 8.91. The maximum absolute atomic E-state index is 12.3. The fourth-order valence-electron chi connectivity index (χ4n) is 2.99. The van der Waals surface area contributed by atoms with Crippen molar-refractivity contribution in [2.24, 2.45) is 0 Å². The summed E-state index contributed by atoms with van der Waals surface area (Å²) in [6.45, 7) is 4.15. The van der Waals surface area contributed by atoms with E-state index in [-0.39, 0.29) is 11.7 Å². The van der Waals surface area contributed by atoms with Crippen molar-refractivity contribution in [2.75, 3.05) is 18.2 Å². The molecule has 0 aliphatic heterocycles. The lowest BCUT2D eigenvalue weighted by Crippen LogP contribution is -2.14. The van der Waals surface area contributed by atoms with Gasteiger partial charge < -0.3 is 10.1 Å². The zero-order valence-electron chi connectivity index (χ0n) is 16.9. The first-order valence-electron chi connectivity index (χ1n) is 9.38. The molecule has 0 spiro atoms. The third kappa shape index (κ3) is 4.13. The number of nitrogens with zero attached hydrogens (tertiary/aromatic N) is 4. The van der Waals surface area contributed by atoms with Gasteiger partial charge in [-0.05, 0) is 61.4 Å². The lowest BCUT2D eigenvalue weighted by Gasteiger charge is -2.07. The number of anilines is 1. The van der Waals surface area contributed by atoms with Crippen LogP contribution in [0, 0.1) is 13.8 Å². The number of fused-ring (bicyclic) bond motifs is 1. The van der Waals surface area contributed by atoms with Crippen LogP contribution in [0.5, 0.6) is 5.75 Å². The standard InChI is InChI=1S/C22H21N5O2S/c1-14-4-7-17(10-15(14)2)27-21-19(11-25-27)22(24-13-23-21)30-12-20(28)26-16-5-8-18(29-3)9-6-16/h4-11,13H,12H2,1-3H3,(H,26,28). The predicted octanol–water partition coefficient (Wildman–Crippen LogP) is 4.17. The molecule has 1 amide bonds. The number of amides is 1. The first-order chi connectivity index (χ1) is 14.5. The number of hydrogen-bond donors (Lipinski definition) is 1. The van der Waals surface area contributed by atoms with Gasteiger partial charge in [-0.15, -0.1) is 0 Å². The highest BCUT2D eigenvalue weighted by molar-refractivity contribution is 8.00. The zero-order chi connectivity index (χ0) is 21.1. The van der Waals surface area contributed by atoms with Crippen LogP contribution >= 0.6 is 11.8 Å². The highest BCUT2D eigenvalue weighted by Crippen LogP contribution is 2.26. The maximum Gasteiger partial charge on any atom is 0.234 e. The van der Waals surface area contributed by atoms with E-state index in [1.165, 1.54) is 29.2 Å². The van der Waals surface area contributed by atoms with Gasteiger partial charge in [0, 0.05) is 5.69 Å². The Morgan fingerprint density at radius 3 is 2.63 bits per heavy atom. The number of benzene rings is 2. The van der Waals surface area contributed by atoms with Crippen molar-refractivity contribution in [2.45, 2.75) is 18.9 Å². The third-order valence-electron chi connectivity index (χ3n) is 4.78. The molecular weight excluding hydrogens is 398 g/mol. The fraction of sp³-hybridized carbons (Fsp3) is 0.182. The second kappa shape index (κ2) is 8.54. The van der Waals surface area contributed by atoms with E-state index in [2.05, 4.69) is 46.4 Å². The number of nitrogens with one attached hydrogen (secondary N) is 1. The van der Waals surface area contributed by atoms with E-state index in [1.807, 2.05) is 6.07 Å². The summed E-state index contributed by atoms with van der Waals surface area (Å²) < 4.78 is 6.92. The molecule has 1 N–H and O–H groups in total. The van der Waals surface area contributed by atoms with E-state index in [0.29, 0.717) is 5.65 Å². The molecule has 4 rings (SSSR count). The van der Waals surface area contributed by atoms with Crippen molar-refractivity contribution in [3.05, 3.63) is 66.1 Å². The second-order valence-electron chi connectivity index (χ2n) is 6.81. The smallest absolute Gasteiger partial charge is 0.234 e. The molecule has 7 nitrogen and oxygen atoms in total. The van der Waals surface area contributed by atoms with Gasteiger partial charge in [0.25, 0.3) is 0 Å². The predicted molar refractivity (Wildman–Crippen MR) is 118 cm³/mol. The summed E-state index contributed by atoms with van der Waals surface area (Å²) in [4.78, 5) is 21.1. The Bertz CT molecular complexity index is 1200. The van der Waals surface area contributed by atoms with Crippen molar-refractivity contribution in [3.63, 3.8) is 0 Å². The van der Waals surface area contributed by atoms with Crippen LogP contribution in [0.3, 0.4) is 0 Å². The van der Waals surface area contributed by atoms with Gasteiger partial charge in [0.2, 0.25) is 5.91 Å². The molecule has 0 aliphatic rings. The Labute approximate surface area is 178 Å². The Kier molecular flexibility index (Phi) is 5.67. The number of hydrogen-bond acceptors (Lipinski definition) is 6.